The molecule has 0 fully saturated rings. The number of carbonyl (C=O) groups is 1. The molecule has 132 valence electrons. The highest BCUT2D eigenvalue weighted by Crippen LogP contribution is 2.22. The first-order valence-electron chi connectivity index (χ1n) is 8.81. The molecular formula is C22H22N2O2. The van der Waals surface area contributed by atoms with Crippen molar-refractivity contribution < 1.29 is 9.53 Å². The fourth-order valence-corrected chi connectivity index (χ4v) is 2.74. The molecule has 0 unspecified atom stereocenters. The van der Waals surface area contributed by atoms with Gasteiger partial charge in [-0.15, -0.1) is 0 Å². The average Bonchev–Trinajstić information content (AvgIpc) is 2.72. The highest BCUT2D eigenvalue weighted by atomic mass is 16.5. The fraction of sp³-hybridized carbons (Fsp3) is 0.227. The molecule has 1 aromatic heterocycles. The molecule has 0 radical (unpaired) electrons. The number of aryl methyl sites for hydroxylation is 1. The molecule has 0 aliphatic carbocycles. The Hall–Kier alpha value is -3.01. The normalized spacial score (nSPS) is 10.5. The summed E-state index contributed by atoms with van der Waals surface area (Å²) in [5, 5.41) is 0. The Morgan fingerprint density at radius 3 is 2.08 bits per heavy atom. The Bertz CT molecular complexity index is 854. The lowest BCUT2D eigenvalue weighted by Crippen LogP contribution is -2.00. The molecule has 0 spiro atoms. The number of ether oxygens (including phenoxy) is 1. The number of rotatable bonds is 6. The molecule has 26 heavy (non-hydrogen) atoms. The van der Waals surface area contributed by atoms with Crippen LogP contribution in [-0.2, 0) is 11.2 Å². The number of carbonyl (C=O) groups excluding carboxylic acids is 1. The van der Waals surface area contributed by atoms with Gasteiger partial charge in [0.2, 0.25) is 0 Å². The molecule has 3 aromatic rings. The minimum atomic E-state index is -0.352. The standard InChI is InChI=1S/C22H22N2O2/c1-3-4-5-16-6-8-17(9-7-16)20-14-23-21(24-15-20)18-10-12-19(13-11-18)22(25)26-2/h6-15H,3-5H2,1-2H3. The van der Waals surface area contributed by atoms with Crippen molar-refractivity contribution >= 4 is 5.97 Å². The Balaban J connectivity index is 1.74. The number of methoxy groups -OCH3 is 1. The van der Waals surface area contributed by atoms with E-state index in [0.717, 1.165) is 23.1 Å². The number of nitrogens with zero attached hydrogens (tertiary/aromatic N) is 2. The van der Waals surface area contributed by atoms with Crippen molar-refractivity contribution in [1.29, 1.82) is 0 Å². The Morgan fingerprint density at radius 2 is 1.50 bits per heavy atom. The largest absolute Gasteiger partial charge is 0.465 e. The molecule has 1 heterocycles. The van der Waals surface area contributed by atoms with Crippen LogP contribution in [0.2, 0.25) is 0 Å². The van der Waals surface area contributed by atoms with Crippen LogP contribution >= 0.6 is 0 Å². The van der Waals surface area contributed by atoms with Crippen LogP contribution in [0.4, 0.5) is 0 Å². The quantitative estimate of drug-likeness (QED) is 0.593. The highest BCUT2D eigenvalue weighted by molar-refractivity contribution is 5.89. The SMILES string of the molecule is CCCCc1ccc(-c2cnc(-c3ccc(C(=O)OC)cc3)nc2)cc1. The summed E-state index contributed by atoms with van der Waals surface area (Å²) in [6.07, 6.45) is 7.20. The van der Waals surface area contributed by atoms with E-state index in [1.54, 1.807) is 12.1 Å². The minimum absolute atomic E-state index is 0.352. The number of aromatic nitrogens is 2. The van der Waals surface area contributed by atoms with E-state index in [1.807, 2.05) is 24.5 Å². The van der Waals surface area contributed by atoms with E-state index in [4.69, 9.17) is 4.74 Å². The van der Waals surface area contributed by atoms with E-state index in [0.29, 0.717) is 11.4 Å². The zero-order valence-electron chi connectivity index (χ0n) is 15.1. The zero-order valence-corrected chi connectivity index (χ0v) is 15.1. The van der Waals surface area contributed by atoms with Gasteiger partial charge in [0.25, 0.3) is 0 Å². The molecule has 2 aromatic carbocycles. The second kappa shape index (κ2) is 8.39. The van der Waals surface area contributed by atoms with Crippen molar-refractivity contribution in [3.05, 3.63) is 72.1 Å². The summed E-state index contributed by atoms with van der Waals surface area (Å²) in [7, 11) is 1.37. The molecule has 4 heteroatoms. The molecule has 0 saturated heterocycles. The summed E-state index contributed by atoms with van der Waals surface area (Å²) in [4.78, 5) is 20.4. The van der Waals surface area contributed by atoms with Gasteiger partial charge in [-0.05, 0) is 36.1 Å². The highest BCUT2D eigenvalue weighted by Gasteiger charge is 2.07. The topological polar surface area (TPSA) is 52.1 Å². The molecule has 0 aliphatic heterocycles. The van der Waals surface area contributed by atoms with Crippen LogP contribution in [0.1, 0.15) is 35.7 Å². The van der Waals surface area contributed by atoms with Gasteiger partial charge in [-0.1, -0.05) is 49.7 Å². The average molecular weight is 346 g/mol. The van der Waals surface area contributed by atoms with E-state index < -0.39 is 0 Å². The first-order chi connectivity index (χ1) is 12.7. The van der Waals surface area contributed by atoms with E-state index in [1.165, 1.54) is 25.5 Å². The van der Waals surface area contributed by atoms with Gasteiger partial charge in [0, 0.05) is 23.5 Å². The number of benzene rings is 2. The van der Waals surface area contributed by atoms with Crippen LogP contribution in [0.15, 0.2) is 60.9 Å². The predicted molar refractivity (Wildman–Crippen MR) is 103 cm³/mol. The number of hydrogen-bond acceptors (Lipinski definition) is 4. The summed E-state index contributed by atoms with van der Waals surface area (Å²) in [5.41, 5.74) is 4.83. The van der Waals surface area contributed by atoms with Crippen molar-refractivity contribution in [1.82, 2.24) is 9.97 Å². The molecule has 0 bridgehead atoms. The third kappa shape index (κ3) is 4.14. The van der Waals surface area contributed by atoms with Crippen molar-refractivity contribution in [3.63, 3.8) is 0 Å². The molecular weight excluding hydrogens is 324 g/mol. The van der Waals surface area contributed by atoms with Crippen LogP contribution in [0.3, 0.4) is 0 Å². The third-order valence-electron chi connectivity index (χ3n) is 4.32. The number of unbranched alkanes of at least 4 members (excludes halogenated alkanes) is 1. The van der Waals surface area contributed by atoms with Crippen LogP contribution < -0.4 is 0 Å². The molecule has 0 atom stereocenters. The molecule has 0 amide bonds. The van der Waals surface area contributed by atoms with Crippen LogP contribution in [-0.4, -0.2) is 23.0 Å². The number of esters is 1. The fourth-order valence-electron chi connectivity index (χ4n) is 2.74. The lowest BCUT2D eigenvalue weighted by atomic mass is 10.0. The van der Waals surface area contributed by atoms with Gasteiger partial charge in [-0.2, -0.15) is 0 Å². The summed E-state index contributed by atoms with van der Waals surface area (Å²) in [5.74, 6) is 0.278. The summed E-state index contributed by atoms with van der Waals surface area (Å²) in [6.45, 7) is 2.20. The van der Waals surface area contributed by atoms with Gasteiger partial charge >= 0.3 is 5.97 Å². The van der Waals surface area contributed by atoms with Crippen molar-refractivity contribution in [2.24, 2.45) is 0 Å². The molecule has 0 aliphatic rings. The first kappa shape index (κ1) is 17.8. The van der Waals surface area contributed by atoms with Gasteiger partial charge in [0.15, 0.2) is 5.82 Å². The molecule has 4 nitrogen and oxygen atoms in total. The van der Waals surface area contributed by atoms with Crippen molar-refractivity contribution in [3.8, 4) is 22.5 Å². The van der Waals surface area contributed by atoms with Crippen molar-refractivity contribution in [2.45, 2.75) is 26.2 Å². The summed E-state index contributed by atoms with van der Waals surface area (Å²) < 4.78 is 4.71. The van der Waals surface area contributed by atoms with E-state index in [2.05, 4.69) is 41.2 Å². The van der Waals surface area contributed by atoms with Crippen LogP contribution in [0.25, 0.3) is 22.5 Å². The summed E-state index contributed by atoms with van der Waals surface area (Å²) >= 11 is 0. The maximum absolute atomic E-state index is 11.5. The van der Waals surface area contributed by atoms with E-state index in [9.17, 15) is 4.79 Å². The molecule has 3 rings (SSSR count). The zero-order chi connectivity index (χ0) is 18.4. The van der Waals surface area contributed by atoms with Gasteiger partial charge in [-0.3, -0.25) is 0 Å². The van der Waals surface area contributed by atoms with Gasteiger partial charge in [0.1, 0.15) is 0 Å². The van der Waals surface area contributed by atoms with Gasteiger partial charge in [-0.25, -0.2) is 14.8 Å². The number of hydrogen-bond donors (Lipinski definition) is 0. The monoisotopic (exact) mass is 346 g/mol. The Labute approximate surface area is 153 Å². The Morgan fingerprint density at radius 1 is 0.885 bits per heavy atom. The molecule has 0 N–H and O–H groups in total. The molecule has 0 saturated carbocycles. The van der Waals surface area contributed by atoms with Crippen LogP contribution in [0, 0.1) is 0 Å². The van der Waals surface area contributed by atoms with Crippen molar-refractivity contribution in [2.75, 3.05) is 7.11 Å². The maximum atomic E-state index is 11.5. The van der Waals surface area contributed by atoms with E-state index >= 15 is 0 Å². The van der Waals surface area contributed by atoms with Gasteiger partial charge in [0.05, 0.1) is 12.7 Å². The summed E-state index contributed by atoms with van der Waals surface area (Å²) in [6, 6.07) is 15.7. The van der Waals surface area contributed by atoms with E-state index in [-0.39, 0.29) is 5.97 Å². The second-order valence-electron chi connectivity index (χ2n) is 6.16. The maximum Gasteiger partial charge on any atom is 0.337 e. The third-order valence-corrected chi connectivity index (χ3v) is 4.32. The lowest BCUT2D eigenvalue weighted by Gasteiger charge is -2.06. The smallest absolute Gasteiger partial charge is 0.337 e. The van der Waals surface area contributed by atoms with Crippen LogP contribution in [0.5, 0.6) is 0 Å². The Kier molecular flexibility index (Phi) is 5.74. The first-order valence-corrected chi connectivity index (χ1v) is 8.81. The second-order valence-corrected chi connectivity index (χ2v) is 6.16. The van der Waals surface area contributed by atoms with Gasteiger partial charge < -0.3 is 4.74 Å². The predicted octanol–water partition coefficient (Wildman–Crippen LogP) is 4.94. The lowest BCUT2D eigenvalue weighted by molar-refractivity contribution is 0.0601. The minimum Gasteiger partial charge on any atom is -0.465 e.